The summed E-state index contributed by atoms with van der Waals surface area (Å²) in [6, 6.07) is 15.5. The Morgan fingerprint density at radius 2 is 1.91 bits per heavy atom. The number of fused-ring (bicyclic) bond motifs is 1. The maximum atomic E-state index is 12.9. The van der Waals surface area contributed by atoms with Gasteiger partial charge >= 0.3 is 0 Å². The largest absolute Gasteiger partial charge is 0.269 e. The maximum Gasteiger partial charge on any atom is 0.239 e. The van der Waals surface area contributed by atoms with Crippen molar-refractivity contribution in [3.8, 4) is 0 Å². The van der Waals surface area contributed by atoms with Crippen LogP contribution in [0, 0.1) is 12.8 Å². The number of para-hydroxylation sites is 1. The van der Waals surface area contributed by atoms with E-state index in [2.05, 4.69) is 6.92 Å². The van der Waals surface area contributed by atoms with E-state index in [4.69, 9.17) is 0 Å². The second kappa shape index (κ2) is 5.76. The summed E-state index contributed by atoms with van der Waals surface area (Å²) >= 11 is 0. The highest BCUT2D eigenvalue weighted by Gasteiger charge is 2.30. The van der Waals surface area contributed by atoms with Crippen LogP contribution in [0.1, 0.15) is 23.6 Å². The highest BCUT2D eigenvalue weighted by Crippen LogP contribution is 2.32. The lowest BCUT2D eigenvalue weighted by Crippen LogP contribution is -2.39. The van der Waals surface area contributed by atoms with Crippen molar-refractivity contribution < 1.29 is 8.42 Å². The normalized spacial score (nSPS) is 18.1. The smallest absolute Gasteiger partial charge is 0.239 e. The molecule has 0 saturated carbocycles. The molecule has 1 heterocycles. The zero-order chi connectivity index (χ0) is 15.7. The number of anilines is 1. The zero-order valence-corrected chi connectivity index (χ0v) is 13.8. The Bertz CT molecular complexity index is 783. The molecule has 0 aromatic heterocycles. The number of hydrogen-bond donors (Lipinski definition) is 0. The molecule has 1 aliphatic rings. The van der Waals surface area contributed by atoms with E-state index in [9.17, 15) is 8.42 Å². The first-order valence-corrected chi connectivity index (χ1v) is 9.20. The molecule has 0 spiro atoms. The van der Waals surface area contributed by atoms with E-state index in [1.54, 1.807) is 4.31 Å². The summed E-state index contributed by atoms with van der Waals surface area (Å²) < 4.78 is 27.4. The molecule has 3 nitrogen and oxygen atoms in total. The van der Waals surface area contributed by atoms with E-state index in [-0.39, 0.29) is 5.75 Å². The van der Waals surface area contributed by atoms with Crippen molar-refractivity contribution in [1.82, 2.24) is 0 Å². The van der Waals surface area contributed by atoms with Gasteiger partial charge in [0.15, 0.2) is 0 Å². The van der Waals surface area contributed by atoms with E-state index in [1.165, 1.54) is 0 Å². The van der Waals surface area contributed by atoms with Crippen molar-refractivity contribution in [1.29, 1.82) is 0 Å². The van der Waals surface area contributed by atoms with E-state index in [0.29, 0.717) is 12.5 Å². The number of aryl methyl sites for hydroxylation is 1. The molecule has 1 unspecified atom stereocenters. The maximum absolute atomic E-state index is 12.9. The minimum absolute atomic E-state index is 0.0513. The molecular formula is C18H21NO2S. The van der Waals surface area contributed by atoms with Crippen LogP contribution in [0.4, 0.5) is 5.69 Å². The van der Waals surface area contributed by atoms with Gasteiger partial charge in [-0.25, -0.2) is 8.42 Å². The third kappa shape index (κ3) is 3.02. The number of sulfonamides is 1. The summed E-state index contributed by atoms with van der Waals surface area (Å²) in [5, 5.41) is 0. The van der Waals surface area contributed by atoms with Gasteiger partial charge in [0.25, 0.3) is 0 Å². The third-order valence-corrected chi connectivity index (χ3v) is 5.79. The molecule has 1 atom stereocenters. The Hall–Kier alpha value is -1.81. The zero-order valence-electron chi connectivity index (χ0n) is 13.0. The highest BCUT2D eigenvalue weighted by molar-refractivity contribution is 7.92. The number of benzene rings is 2. The van der Waals surface area contributed by atoms with Gasteiger partial charge in [-0.2, -0.15) is 0 Å². The Morgan fingerprint density at radius 3 is 2.68 bits per heavy atom. The average molecular weight is 315 g/mol. The monoisotopic (exact) mass is 315 g/mol. The molecule has 0 radical (unpaired) electrons. The van der Waals surface area contributed by atoms with Crippen LogP contribution < -0.4 is 4.31 Å². The number of nitrogens with zero attached hydrogens (tertiary/aromatic N) is 1. The first-order chi connectivity index (χ1) is 10.5. The number of rotatable bonds is 3. The first kappa shape index (κ1) is 15.1. The predicted octanol–water partition coefficient (Wildman–Crippen LogP) is 3.52. The van der Waals surface area contributed by atoms with Crippen LogP contribution in [-0.2, 0) is 22.2 Å². The van der Waals surface area contributed by atoms with Gasteiger partial charge in [-0.05, 0) is 36.5 Å². The SMILES string of the molecule is Cc1cccc(CS(=O)(=O)N2CC(C)Cc3ccccc32)c1. The Labute approximate surface area is 132 Å². The molecule has 2 aromatic carbocycles. The summed E-state index contributed by atoms with van der Waals surface area (Å²) in [6.07, 6.45) is 0.937. The van der Waals surface area contributed by atoms with Crippen molar-refractivity contribution in [2.24, 2.45) is 5.92 Å². The fraction of sp³-hybridized carbons (Fsp3) is 0.333. The molecular weight excluding hydrogens is 294 g/mol. The van der Waals surface area contributed by atoms with Crippen LogP contribution in [0.2, 0.25) is 0 Å². The third-order valence-electron chi connectivity index (χ3n) is 4.07. The summed E-state index contributed by atoms with van der Waals surface area (Å²) in [4.78, 5) is 0. The molecule has 0 aliphatic carbocycles. The Kier molecular flexibility index (Phi) is 3.96. The molecule has 0 fully saturated rings. The Morgan fingerprint density at radius 1 is 1.14 bits per heavy atom. The highest BCUT2D eigenvalue weighted by atomic mass is 32.2. The molecule has 0 bridgehead atoms. The molecule has 2 aromatic rings. The predicted molar refractivity (Wildman–Crippen MR) is 90.5 cm³/mol. The summed E-state index contributed by atoms with van der Waals surface area (Å²) in [5.41, 5.74) is 3.89. The summed E-state index contributed by atoms with van der Waals surface area (Å²) in [7, 11) is -3.37. The van der Waals surface area contributed by atoms with Gasteiger partial charge in [0.1, 0.15) is 0 Å². The standard InChI is InChI=1S/C18H21NO2S/c1-14-6-5-7-16(10-14)13-22(20,21)19-12-15(2)11-17-8-3-4-9-18(17)19/h3-10,15H,11-13H2,1-2H3. The summed E-state index contributed by atoms with van der Waals surface area (Å²) in [6.45, 7) is 4.64. The lowest BCUT2D eigenvalue weighted by atomic mass is 9.96. The topological polar surface area (TPSA) is 37.4 Å². The molecule has 0 saturated heterocycles. The van der Waals surface area contributed by atoms with Gasteiger partial charge in [0.2, 0.25) is 10.0 Å². The van der Waals surface area contributed by atoms with E-state index < -0.39 is 10.0 Å². The fourth-order valence-corrected chi connectivity index (χ4v) is 4.82. The molecule has 3 rings (SSSR count). The van der Waals surface area contributed by atoms with Gasteiger partial charge in [0.05, 0.1) is 11.4 Å². The second-order valence-electron chi connectivity index (χ2n) is 6.21. The minimum Gasteiger partial charge on any atom is -0.269 e. The van der Waals surface area contributed by atoms with Gasteiger partial charge in [-0.15, -0.1) is 0 Å². The van der Waals surface area contributed by atoms with E-state index in [0.717, 1.165) is 28.8 Å². The van der Waals surface area contributed by atoms with Crippen LogP contribution >= 0.6 is 0 Å². The van der Waals surface area contributed by atoms with Gasteiger partial charge in [-0.1, -0.05) is 55.0 Å². The quantitative estimate of drug-likeness (QED) is 0.869. The van der Waals surface area contributed by atoms with Crippen LogP contribution in [0.25, 0.3) is 0 Å². The number of hydrogen-bond acceptors (Lipinski definition) is 2. The van der Waals surface area contributed by atoms with Crippen LogP contribution in [0.5, 0.6) is 0 Å². The van der Waals surface area contributed by atoms with Crippen LogP contribution in [0.3, 0.4) is 0 Å². The van der Waals surface area contributed by atoms with Gasteiger partial charge < -0.3 is 0 Å². The van der Waals surface area contributed by atoms with Crippen molar-refractivity contribution in [3.63, 3.8) is 0 Å². The lowest BCUT2D eigenvalue weighted by Gasteiger charge is -2.34. The van der Waals surface area contributed by atoms with Crippen molar-refractivity contribution in [3.05, 3.63) is 65.2 Å². The lowest BCUT2D eigenvalue weighted by molar-refractivity contribution is 0.544. The molecule has 0 amide bonds. The molecule has 22 heavy (non-hydrogen) atoms. The van der Waals surface area contributed by atoms with E-state index in [1.807, 2.05) is 55.5 Å². The van der Waals surface area contributed by atoms with Gasteiger partial charge in [0, 0.05) is 6.54 Å². The van der Waals surface area contributed by atoms with Crippen LogP contribution in [0.15, 0.2) is 48.5 Å². The van der Waals surface area contributed by atoms with Crippen molar-refractivity contribution in [2.45, 2.75) is 26.0 Å². The minimum atomic E-state index is -3.37. The second-order valence-corrected chi connectivity index (χ2v) is 8.11. The molecule has 1 aliphatic heterocycles. The molecule has 4 heteroatoms. The average Bonchev–Trinajstić information content (AvgIpc) is 2.45. The van der Waals surface area contributed by atoms with Crippen molar-refractivity contribution >= 4 is 15.7 Å². The van der Waals surface area contributed by atoms with Crippen molar-refractivity contribution in [2.75, 3.05) is 10.8 Å². The Balaban J connectivity index is 1.95. The van der Waals surface area contributed by atoms with Gasteiger partial charge in [-0.3, -0.25) is 4.31 Å². The fourth-order valence-electron chi connectivity index (χ4n) is 3.10. The first-order valence-electron chi connectivity index (χ1n) is 7.59. The summed E-state index contributed by atoms with van der Waals surface area (Å²) in [5.74, 6) is 0.387. The molecule has 116 valence electrons. The molecule has 0 N–H and O–H groups in total. The van der Waals surface area contributed by atoms with Crippen LogP contribution in [-0.4, -0.2) is 15.0 Å². The van der Waals surface area contributed by atoms with E-state index >= 15 is 0 Å².